The van der Waals surface area contributed by atoms with Crippen molar-refractivity contribution in [2.45, 2.75) is 5.54 Å². The SMILES string of the molecule is C=CCNC1(C=C)C(=O)c2ccccc2C1=O. The lowest BCUT2D eigenvalue weighted by Crippen LogP contribution is -2.52. The number of ketones is 2. The van der Waals surface area contributed by atoms with Crippen LogP contribution in [0.15, 0.2) is 49.6 Å². The molecule has 1 aliphatic carbocycles. The average molecular weight is 227 g/mol. The van der Waals surface area contributed by atoms with Crippen LogP contribution in [0.3, 0.4) is 0 Å². The van der Waals surface area contributed by atoms with E-state index >= 15 is 0 Å². The minimum absolute atomic E-state index is 0.241. The zero-order valence-electron chi connectivity index (χ0n) is 9.40. The van der Waals surface area contributed by atoms with E-state index in [9.17, 15) is 9.59 Å². The van der Waals surface area contributed by atoms with Gasteiger partial charge in [-0.3, -0.25) is 14.9 Å². The second-order valence-electron chi connectivity index (χ2n) is 3.89. The van der Waals surface area contributed by atoms with Gasteiger partial charge in [-0.15, -0.1) is 13.2 Å². The second kappa shape index (κ2) is 4.11. The summed E-state index contributed by atoms with van der Waals surface area (Å²) in [4.78, 5) is 24.6. The molecule has 3 nitrogen and oxygen atoms in total. The Morgan fingerprint density at radius 1 is 1.12 bits per heavy atom. The van der Waals surface area contributed by atoms with Crippen molar-refractivity contribution in [2.24, 2.45) is 0 Å². The molecule has 0 saturated heterocycles. The van der Waals surface area contributed by atoms with E-state index in [1.807, 2.05) is 0 Å². The maximum atomic E-state index is 12.3. The van der Waals surface area contributed by atoms with Crippen molar-refractivity contribution in [3.63, 3.8) is 0 Å². The molecule has 0 radical (unpaired) electrons. The normalized spacial score (nSPS) is 16.7. The molecule has 0 aromatic heterocycles. The molecule has 17 heavy (non-hydrogen) atoms. The third kappa shape index (κ3) is 1.47. The van der Waals surface area contributed by atoms with E-state index in [-0.39, 0.29) is 11.6 Å². The van der Waals surface area contributed by atoms with E-state index < -0.39 is 5.54 Å². The topological polar surface area (TPSA) is 46.2 Å². The van der Waals surface area contributed by atoms with Crippen LogP contribution < -0.4 is 5.32 Å². The monoisotopic (exact) mass is 227 g/mol. The van der Waals surface area contributed by atoms with E-state index in [1.54, 1.807) is 30.3 Å². The maximum absolute atomic E-state index is 12.3. The molecule has 1 aromatic rings. The Morgan fingerprint density at radius 3 is 2.06 bits per heavy atom. The average Bonchev–Trinajstić information content (AvgIpc) is 2.59. The molecule has 0 saturated carbocycles. The highest BCUT2D eigenvalue weighted by Gasteiger charge is 2.50. The summed E-state index contributed by atoms with van der Waals surface area (Å²) in [6.07, 6.45) is 2.98. The van der Waals surface area contributed by atoms with Crippen molar-refractivity contribution in [3.05, 3.63) is 60.7 Å². The summed E-state index contributed by atoms with van der Waals surface area (Å²) in [5.74, 6) is -0.482. The summed E-state index contributed by atoms with van der Waals surface area (Å²) in [5, 5.41) is 2.91. The summed E-state index contributed by atoms with van der Waals surface area (Å²) < 4.78 is 0. The van der Waals surface area contributed by atoms with Crippen molar-refractivity contribution >= 4 is 11.6 Å². The highest BCUT2D eigenvalue weighted by Crippen LogP contribution is 2.30. The third-order valence-corrected chi connectivity index (χ3v) is 2.96. The minimum Gasteiger partial charge on any atom is -0.291 e. The van der Waals surface area contributed by atoms with Crippen LogP contribution in [0.5, 0.6) is 0 Å². The number of carbonyl (C=O) groups excluding carboxylic acids is 2. The molecule has 0 fully saturated rings. The van der Waals surface area contributed by atoms with Crippen LogP contribution >= 0.6 is 0 Å². The van der Waals surface area contributed by atoms with Gasteiger partial charge in [-0.25, -0.2) is 0 Å². The number of carbonyl (C=O) groups is 2. The van der Waals surface area contributed by atoms with Gasteiger partial charge in [0, 0.05) is 17.7 Å². The first-order valence-corrected chi connectivity index (χ1v) is 5.35. The first-order valence-electron chi connectivity index (χ1n) is 5.35. The fourth-order valence-electron chi connectivity index (χ4n) is 2.06. The van der Waals surface area contributed by atoms with Gasteiger partial charge in [-0.05, 0) is 0 Å². The molecule has 86 valence electrons. The Kier molecular flexibility index (Phi) is 2.77. The molecule has 0 bridgehead atoms. The minimum atomic E-state index is -1.32. The number of Topliss-reactive ketones (excluding diaryl/α,β-unsaturated/α-hetero) is 2. The number of rotatable bonds is 4. The van der Waals surface area contributed by atoms with Gasteiger partial charge in [-0.1, -0.05) is 36.4 Å². The Labute approximate surface area is 99.8 Å². The zero-order chi connectivity index (χ0) is 12.5. The second-order valence-corrected chi connectivity index (χ2v) is 3.89. The number of nitrogens with one attached hydrogen (secondary N) is 1. The van der Waals surface area contributed by atoms with E-state index in [2.05, 4.69) is 18.5 Å². The van der Waals surface area contributed by atoms with Gasteiger partial charge >= 0.3 is 0 Å². The van der Waals surface area contributed by atoms with Crippen LogP contribution in [0.2, 0.25) is 0 Å². The van der Waals surface area contributed by atoms with Gasteiger partial charge in [0.1, 0.15) is 0 Å². The first-order chi connectivity index (χ1) is 8.17. The van der Waals surface area contributed by atoms with Gasteiger partial charge in [0.15, 0.2) is 17.1 Å². The molecule has 1 aliphatic rings. The number of benzene rings is 1. The molecule has 0 aliphatic heterocycles. The van der Waals surface area contributed by atoms with Crippen LogP contribution in [0, 0.1) is 0 Å². The molecular formula is C14H13NO2. The predicted octanol–water partition coefficient (Wildman–Crippen LogP) is 1.77. The van der Waals surface area contributed by atoms with Crippen molar-refractivity contribution in [2.75, 3.05) is 6.54 Å². The van der Waals surface area contributed by atoms with Gasteiger partial charge in [-0.2, -0.15) is 0 Å². The molecule has 0 unspecified atom stereocenters. The molecule has 0 spiro atoms. The summed E-state index contributed by atoms with van der Waals surface area (Å²) in [7, 11) is 0. The van der Waals surface area contributed by atoms with Gasteiger partial charge in [0.2, 0.25) is 0 Å². The van der Waals surface area contributed by atoms with E-state index in [4.69, 9.17) is 0 Å². The summed E-state index contributed by atoms with van der Waals surface area (Å²) in [5.41, 5.74) is -0.416. The zero-order valence-corrected chi connectivity index (χ0v) is 9.40. The highest BCUT2D eigenvalue weighted by molar-refractivity contribution is 6.34. The predicted molar refractivity (Wildman–Crippen MR) is 66.2 cm³/mol. The van der Waals surface area contributed by atoms with Crippen molar-refractivity contribution < 1.29 is 9.59 Å². The van der Waals surface area contributed by atoms with Crippen LogP contribution in [-0.2, 0) is 0 Å². The Bertz CT molecular complexity index is 482. The van der Waals surface area contributed by atoms with Gasteiger partial charge in [0.05, 0.1) is 0 Å². The summed E-state index contributed by atoms with van der Waals surface area (Å²) >= 11 is 0. The lowest BCUT2D eigenvalue weighted by atomic mass is 9.93. The summed E-state index contributed by atoms with van der Waals surface area (Å²) in [6.45, 7) is 7.55. The Morgan fingerprint density at radius 2 is 1.65 bits per heavy atom. The first kappa shape index (κ1) is 11.5. The highest BCUT2D eigenvalue weighted by atomic mass is 16.2. The standard InChI is InChI=1S/C14H13NO2/c1-3-9-15-14(4-2)12(16)10-7-5-6-8-11(10)13(14)17/h3-8,15H,1-2,9H2. The fourth-order valence-corrected chi connectivity index (χ4v) is 2.06. The van der Waals surface area contributed by atoms with Crippen LogP contribution in [-0.4, -0.2) is 23.7 Å². The van der Waals surface area contributed by atoms with E-state index in [1.165, 1.54) is 6.08 Å². The van der Waals surface area contributed by atoms with Crippen LogP contribution in [0.4, 0.5) is 0 Å². The quantitative estimate of drug-likeness (QED) is 0.630. The molecule has 1 aromatic carbocycles. The Hall–Kier alpha value is -2.00. The van der Waals surface area contributed by atoms with Crippen LogP contribution in [0.25, 0.3) is 0 Å². The largest absolute Gasteiger partial charge is 0.291 e. The number of hydrogen-bond acceptors (Lipinski definition) is 3. The van der Waals surface area contributed by atoms with Crippen molar-refractivity contribution in [3.8, 4) is 0 Å². The van der Waals surface area contributed by atoms with Gasteiger partial charge < -0.3 is 0 Å². The number of fused-ring (bicyclic) bond motifs is 1. The van der Waals surface area contributed by atoms with E-state index in [0.717, 1.165) is 0 Å². The molecule has 0 amide bonds. The van der Waals surface area contributed by atoms with Gasteiger partial charge in [0.25, 0.3) is 0 Å². The lowest BCUT2D eigenvalue weighted by molar-refractivity contribution is 0.0810. The maximum Gasteiger partial charge on any atom is 0.195 e. The van der Waals surface area contributed by atoms with Crippen LogP contribution in [0.1, 0.15) is 20.7 Å². The van der Waals surface area contributed by atoms with E-state index in [0.29, 0.717) is 17.7 Å². The molecular weight excluding hydrogens is 214 g/mol. The van der Waals surface area contributed by atoms with Crippen molar-refractivity contribution in [1.29, 1.82) is 0 Å². The Balaban J connectivity index is 2.53. The molecule has 0 atom stereocenters. The number of hydrogen-bond donors (Lipinski definition) is 1. The molecule has 2 rings (SSSR count). The molecule has 0 heterocycles. The van der Waals surface area contributed by atoms with Crippen molar-refractivity contribution in [1.82, 2.24) is 5.32 Å². The smallest absolute Gasteiger partial charge is 0.195 e. The third-order valence-electron chi connectivity index (χ3n) is 2.96. The fraction of sp³-hybridized carbons (Fsp3) is 0.143. The molecule has 1 N–H and O–H groups in total. The molecule has 3 heteroatoms. The summed E-state index contributed by atoms with van der Waals surface area (Å²) in [6, 6.07) is 6.82. The lowest BCUT2D eigenvalue weighted by Gasteiger charge is -2.22.